The average Bonchev–Trinajstić information content (AvgIpc) is 4.53. The normalized spacial score (nSPS) is 16.4. The van der Waals surface area contributed by atoms with Crippen LogP contribution in [-0.4, -0.2) is 95.6 Å². The molecule has 4 atom stereocenters. The second-order valence-corrected chi connectivity index (χ2v) is 19.1. The van der Waals surface area contributed by atoms with Gasteiger partial charge in [0.2, 0.25) is 11.8 Å². The molecular weight excluding hydrogens is 1040 g/mol. The number of nitrogens with zero attached hydrogens (tertiary/aromatic N) is 4. The Balaban J connectivity index is 0.000000196. The molecule has 1 N–H and O–H groups in total. The summed E-state index contributed by atoms with van der Waals surface area (Å²) in [5, 5.41) is 9.75. The molecule has 418 valence electrons. The van der Waals surface area contributed by atoms with Gasteiger partial charge in [0.15, 0.2) is 0 Å². The van der Waals surface area contributed by atoms with E-state index in [2.05, 4.69) is 9.97 Å². The predicted octanol–water partition coefficient (Wildman–Crippen LogP) is 12.2. The quantitative estimate of drug-likeness (QED) is 0.0792. The maximum absolute atomic E-state index is 13.3. The number of aryl methyl sites for hydroxylation is 2. The highest BCUT2D eigenvalue weighted by molar-refractivity contribution is 5.84. The number of hydrogen-bond acceptors (Lipinski definition) is 15. The van der Waals surface area contributed by atoms with Crippen LogP contribution in [0.3, 0.4) is 0 Å². The summed E-state index contributed by atoms with van der Waals surface area (Å²) < 4.78 is 50.0. The number of methoxy groups -OCH3 is 3. The molecule has 2 amide bonds. The fraction of sp³-hybridized carbons (Fsp3) is 0.270. The molecule has 2 aromatic heterocycles. The zero-order valence-electron chi connectivity index (χ0n) is 45.5. The molecule has 18 heteroatoms. The van der Waals surface area contributed by atoms with E-state index in [0.29, 0.717) is 98.0 Å². The summed E-state index contributed by atoms with van der Waals surface area (Å²) in [6.45, 7) is 4.63. The summed E-state index contributed by atoms with van der Waals surface area (Å²) in [6, 6.07) is 45.1. The number of carboxylic acid groups (broad SMARTS) is 1. The zero-order chi connectivity index (χ0) is 56.8. The largest absolute Gasteiger partial charge is 0.497 e. The lowest BCUT2D eigenvalue weighted by molar-refractivity contribution is -0.145. The number of hydrogen-bond donors (Lipinski definition) is 1. The molecule has 0 spiro atoms. The number of carbonyl (C=O) groups excluding carboxylic acids is 3. The van der Waals surface area contributed by atoms with E-state index < -0.39 is 42.3 Å². The van der Waals surface area contributed by atoms with Gasteiger partial charge in [-0.05, 0) is 148 Å². The molecule has 0 aliphatic carbocycles. The fourth-order valence-corrected chi connectivity index (χ4v) is 9.82. The molecule has 2 aliphatic heterocycles. The van der Waals surface area contributed by atoms with E-state index in [-0.39, 0.29) is 6.04 Å². The molecule has 10 rings (SSSR count). The van der Waals surface area contributed by atoms with E-state index in [0.717, 1.165) is 45.2 Å². The molecule has 0 saturated carbocycles. The van der Waals surface area contributed by atoms with Crippen LogP contribution < -0.4 is 28.4 Å². The second-order valence-electron chi connectivity index (χ2n) is 19.1. The van der Waals surface area contributed by atoms with E-state index in [9.17, 15) is 24.3 Å². The van der Waals surface area contributed by atoms with Gasteiger partial charge >= 0.3 is 24.1 Å². The zero-order valence-corrected chi connectivity index (χ0v) is 45.5. The van der Waals surface area contributed by atoms with Crippen LogP contribution in [0.25, 0.3) is 22.9 Å². The van der Waals surface area contributed by atoms with Gasteiger partial charge in [-0.15, -0.1) is 0 Å². The summed E-state index contributed by atoms with van der Waals surface area (Å²) in [6.07, 6.45) is 1.74. The summed E-state index contributed by atoms with van der Waals surface area (Å²) in [7, 11) is 4.42. The molecule has 2 fully saturated rings. The number of rotatable bonds is 18. The fourth-order valence-electron chi connectivity index (χ4n) is 9.82. The van der Waals surface area contributed by atoms with Crippen molar-refractivity contribution in [1.82, 2.24) is 19.8 Å². The first-order chi connectivity index (χ1) is 39.4. The van der Waals surface area contributed by atoms with Crippen LogP contribution in [-0.2, 0) is 27.2 Å². The number of carboxylic acids is 1. The molecule has 0 unspecified atom stereocenters. The Morgan fingerprint density at radius 2 is 0.864 bits per heavy atom. The SMILES string of the molecule is COC(=O)[C@H]1CC[C@H](c2ccc(OCCc3nc(-c4ccccc4)oc3C)cc2)N1C(=O)Oc1ccc(OC)cc1.COc1ccc(OC(=O)N2[C@@H](C(=O)O)CC[C@@H]2c2ccc(OCCc3nc(-c4ccccc4)oc3C)cc2)cc1. The molecule has 0 radical (unpaired) electrons. The molecule has 2 aliphatic rings. The molecular formula is C63H62N4O14. The lowest BCUT2D eigenvalue weighted by Crippen LogP contribution is -2.43. The Hall–Kier alpha value is -9.58. The van der Waals surface area contributed by atoms with E-state index in [4.69, 9.17) is 42.0 Å². The minimum Gasteiger partial charge on any atom is -0.497 e. The van der Waals surface area contributed by atoms with Crippen LogP contribution in [0.1, 0.15) is 71.8 Å². The number of amides is 2. The van der Waals surface area contributed by atoms with Crippen LogP contribution in [0.5, 0.6) is 34.5 Å². The third-order valence-corrected chi connectivity index (χ3v) is 14.1. The highest BCUT2D eigenvalue weighted by Gasteiger charge is 2.44. The van der Waals surface area contributed by atoms with Crippen LogP contribution in [0, 0.1) is 13.8 Å². The van der Waals surface area contributed by atoms with Crippen molar-refractivity contribution in [2.75, 3.05) is 34.5 Å². The van der Waals surface area contributed by atoms with Crippen molar-refractivity contribution in [3.63, 3.8) is 0 Å². The number of likely N-dealkylation sites (tertiary alicyclic amines) is 2. The molecule has 81 heavy (non-hydrogen) atoms. The van der Waals surface area contributed by atoms with Crippen molar-refractivity contribution >= 4 is 24.1 Å². The van der Waals surface area contributed by atoms with Crippen LogP contribution >= 0.6 is 0 Å². The van der Waals surface area contributed by atoms with Crippen LogP contribution in [0.2, 0.25) is 0 Å². The smallest absolute Gasteiger partial charge is 0.416 e. The van der Waals surface area contributed by atoms with Gasteiger partial charge in [0, 0.05) is 24.0 Å². The average molecular weight is 1100 g/mol. The third-order valence-electron chi connectivity index (χ3n) is 14.1. The number of aliphatic carboxylic acids is 1. The summed E-state index contributed by atoms with van der Waals surface area (Å²) >= 11 is 0. The van der Waals surface area contributed by atoms with E-state index in [1.807, 2.05) is 123 Å². The first-order valence-electron chi connectivity index (χ1n) is 26.5. The standard InChI is InChI=1S/C32H32N2O7.C31H30N2O7/c1-21-27(33-30(40-21)23-7-5-4-6-8-23)19-20-39-25-11-9-22(10-12-25)28-17-18-29(31(35)38-3)34(28)32(36)41-26-15-13-24(37-2)14-16-26;1-20-26(32-29(39-20)22-6-4-3-5-7-22)18-19-38-24-10-8-21(9-11-24)27-16-17-28(30(34)35)33(27)31(36)40-25-14-12-23(37-2)13-15-25/h4-16,28-29H,17-20H2,1-3H3;3-15,27-28H,16-19H2,1-2H3,(H,34,35)/t28-,29-;27-,28-/m11/s1. The van der Waals surface area contributed by atoms with Gasteiger partial charge in [0.25, 0.3) is 0 Å². The predicted molar refractivity (Wildman–Crippen MR) is 298 cm³/mol. The van der Waals surface area contributed by atoms with E-state index >= 15 is 0 Å². The number of benzene rings is 6. The monoisotopic (exact) mass is 1100 g/mol. The van der Waals surface area contributed by atoms with Gasteiger partial charge in [-0.1, -0.05) is 60.7 Å². The summed E-state index contributed by atoms with van der Waals surface area (Å²) in [5.41, 5.74) is 5.23. The Bertz CT molecular complexity index is 3370. The number of esters is 1. The number of oxazole rings is 2. The van der Waals surface area contributed by atoms with Gasteiger partial charge < -0.3 is 47.1 Å². The number of aromatic nitrogens is 2. The van der Waals surface area contributed by atoms with Crippen molar-refractivity contribution in [2.45, 2.75) is 76.5 Å². The molecule has 0 bridgehead atoms. The minimum absolute atomic E-state index is 0.308. The molecule has 18 nitrogen and oxygen atoms in total. The van der Waals surface area contributed by atoms with Gasteiger partial charge in [0.05, 0.1) is 58.0 Å². The van der Waals surface area contributed by atoms with Gasteiger partial charge in [-0.2, -0.15) is 0 Å². The molecule has 2 saturated heterocycles. The highest BCUT2D eigenvalue weighted by atomic mass is 16.6. The second kappa shape index (κ2) is 26.4. The van der Waals surface area contributed by atoms with Gasteiger partial charge in [0.1, 0.15) is 58.1 Å². The number of ether oxygens (including phenoxy) is 7. The lowest BCUT2D eigenvalue weighted by atomic mass is 10.0. The third kappa shape index (κ3) is 13.8. The van der Waals surface area contributed by atoms with Crippen molar-refractivity contribution in [1.29, 1.82) is 0 Å². The highest BCUT2D eigenvalue weighted by Crippen LogP contribution is 2.40. The van der Waals surface area contributed by atoms with E-state index in [1.165, 1.54) is 16.9 Å². The van der Waals surface area contributed by atoms with Crippen molar-refractivity contribution in [2.24, 2.45) is 0 Å². The van der Waals surface area contributed by atoms with Crippen molar-refractivity contribution < 1.29 is 66.3 Å². The molecule has 4 heterocycles. The van der Waals surface area contributed by atoms with Crippen LogP contribution in [0.15, 0.2) is 167 Å². The Morgan fingerprint density at radius 3 is 1.25 bits per heavy atom. The summed E-state index contributed by atoms with van der Waals surface area (Å²) in [5.74, 6) is 4.45. The topological polar surface area (TPSA) is 212 Å². The lowest BCUT2D eigenvalue weighted by Gasteiger charge is -2.28. The maximum atomic E-state index is 13.3. The number of carbonyl (C=O) groups is 4. The minimum atomic E-state index is -1.06. The molecule has 6 aromatic carbocycles. The maximum Gasteiger partial charge on any atom is 0.416 e. The Kier molecular flexibility index (Phi) is 18.3. The Morgan fingerprint density at radius 1 is 0.494 bits per heavy atom. The van der Waals surface area contributed by atoms with E-state index in [1.54, 1.807) is 62.8 Å². The van der Waals surface area contributed by atoms with Gasteiger partial charge in [-0.25, -0.2) is 29.1 Å². The van der Waals surface area contributed by atoms with Crippen molar-refractivity contribution in [3.8, 4) is 57.4 Å². The summed E-state index contributed by atoms with van der Waals surface area (Å²) in [4.78, 5) is 62.8. The van der Waals surface area contributed by atoms with Crippen molar-refractivity contribution in [3.05, 3.63) is 192 Å². The van der Waals surface area contributed by atoms with Gasteiger partial charge in [-0.3, -0.25) is 9.80 Å². The molecule has 8 aromatic rings. The Labute approximate surface area is 468 Å². The first-order valence-corrected chi connectivity index (χ1v) is 26.5. The first kappa shape index (κ1) is 56.2. The van der Waals surface area contributed by atoms with Crippen LogP contribution in [0.4, 0.5) is 9.59 Å².